The Morgan fingerprint density at radius 1 is 1.10 bits per heavy atom. The van der Waals surface area contributed by atoms with E-state index in [9.17, 15) is 0 Å². The first-order chi connectivity index (χ1) is 14.7. The normalized spacial score (nSPS) is 17.6. The van der Waals surface area contributed by atoms with Crippen molar-refractivity contribution in [3.8, 4) is 17.0 Å². The van der Waals surface area contributed by atoms with Crippen molar-refractivity contribution in [1.82, 2.24) is 4.98 Å². The summed E-state index contributed by atoms with van der Waals surface area (Å²) in [5.74, 6) is 0.810. The van der Waals surface area contributed by atoms with E-state index in [0.717, 1.165) is 65.9 Å². The fourth-order valence-electron chi connectivity index (χ4n) is 3.63. The molecule has 0 aliphatic carbocycles. The number of rotatable bonds is 8. The van der Waals surface area contributed by atoms with E-state index in [1.54, 1.807) is 0 Å². The molecule has 4 rings (SSSR count). The van der Waals surface area contributed by atoms with Crippen molar-refractivity contribution in [3.63, 3.8) is 0 Å². The standard InChI is InChI=1S/C25H30N2O3/c1-3-21(30-25-6-4-5-15-28-25)17-29-22-13-9-19-10-14-23(27-24(19)16-22)18-7-11-20(26-2)12-8-18/h7-14,16,21,25-26H,3-6,15,17H2,1-2H3. The molecule has 2 atom stereocenters. The van der Waals surface area contributed by atoms with Gasteiger partial charge in [0.05, 0.1) is 17.3 Å². The zero-order chi connectivity index (χ0) is 20.8. The molecular formula is C25H30N2O3. The lowest BCUT2D eigenvalue weighted by Crippen LogP contribution is -2.31. The van der Waals surface area contributed by atoms with Crippen LogP contribution in [0.25, 0.3) is 22.2 Å². The van der Waals surface area contributed by atoms with E-state index in [4.69, 9.17) is 19.2 Å². The highest BCUT2D eigenvalue weighted by Gasteiger charge is 2.19. The van der Waals surface area contributed by atoms with Gasteiger partial charge in [-0.1, -0.05) is 25.1 Å². The lowest BCUT2D eigenvalue weighted by molar-refractivity contribution is -0.193. The Morgan fingerprint density at radius 2 is 1.93 bits per heavy atom. The molecule has 30 heavy (non-hydrogen) atoms. The van der Waals surface area contributed by atoms with E-state index in [0.29, 0.717) is 6.61 Å². The zero-order valence-electron chi connectivity index (χ0n) is 17.8. The van der Waals surface area contributed by atoms with Gasteiger partial charge < -0.3 is 19.5 Å². The largest absolute Gasteiger partial charge is 0.491 e. The smallest absolute Gasteiger partial charge is 0.158 e. The summed E-state index contributed by atoms with van der Waals surface area (Å²) in [6.45, 7) is 3.41. The fourth-order valence-corrected chi connectivity index (χ4v) is 3.63. The number of fused-ring (bicyclic) bond motifs is 1. The summed E-state index contributed by atoms with van der Waals surface area (Å²) in [7, 11) is 1.92. The molecule has 1 aromatic heterocycles. The first kappa shape index (κ1) is 20.6. The lowest BCUT2D eigenvalue weighted by Gasteiger charge is -2.27. The van der Waals surface area contributed by atoms with E-state index in [1.807, 2.05) is 19.2 Å². The molecule has 2 aromatic carbocycles. The molecule has 1 aliphatic rings. The molecule has 0 saturated carbocycles. The third-order valence-electron chi connectivity index (χ3n) is 5.51. The van der Waals surface area contributed by atoms with Crippen LogP contribution in [0.1, 0.15) is 32.6 Å². The minimum atomic E-state index is -0.0950. The van der Waals surface area contributed by atoms with Crippen LogP contribution >= 0.6 is 0 Å². The summed E-state index contributed by atoms with van der Waals surface area (Å²) < 4.78 is 17.8. The van der Waals surface area contributed by atoms with Gasteiger partial charge in [0.2, 0.25) is 0 Å². The third-order valence-corrected chi connectivity index (χ3v) is 5.51. The highest BCUT2D eigenvalue weighted by atomic mass is 16.7. The molecule has 3 aromatic rings. The monoisotopic (exact) mass is 406 g/mol. The molecule has 2 unspecified atom stereocenters. The van der Waals surface area contributed by atoms with Gasteiger partial charge in [-0.05, 0) is 56.0 Å². The van der Waals surface area contributed by atoms with Crippen LogP contribution in [0.5, 0.6) is 5.75 Å². The number of nitrogens with zero attached hydrogens (tertiary/aromatic N) is 1. The maximum absolute atomic E-state index is 6.08. The Labute approximate surface area is 178 Å². The molecule has 1 fully saturated rings. The average Bonchev–Trinajstić information content (AvgIpc) is 2.82. The van der Waals surface area contributed by atoms with Crippen LogP contribution in [0.4, 0.5) is 5.69 Å². The van der Waals surface area contributed by atoms with E-state index < -0.39 is 0 Å². The number of pyridine rings is 1. The fraction of sp³-hybridized carbons (Fsp3) is 0.400. The number of ether oxygens (including phenoxy) is 3. The minimum absolute atomic E-state index is 0.0220. The summed E-state index contributed by atoms with van der Waals surface area (Å²) in [5, 5.41) is 4.24. The van der Waals surface area contributed by atoms with Crippen molar-refractivity contribution in [2.24, 2.45) is 0 Å². The van der Waals surface area contributed by atoms with Gasteiger partial charge in [-0.2, -0.15) is 0 Å². The van der Waals surface area contributed by atoms with Crippen molar-refractivity contribution < 1.29 is 14.2 Å². The SMILES string of the molecule is CCC(COc1ccc2ccc(-c3ccc(NC)cc3)nc2c1)OC1CCCCO1. The molecule has 5 heteroatoms. The van der Waals surface area contributed by atoms with Crippen molar-refractivity contribution in [2.45, 2.75) is 45.0 Å². The highest BCUT2D eigenvalue weighted by molar-refractivity contribution is 5.83. The molecule has 158 valence electrons. The van der Waals surface area contributed by atoms with Gasteiger partial charge in [0.1, 0.15) is 12.4 Å². The Kier molecular flexibility index (Phi) is 6.82. The molecule has 1 saturated heterocycles. The number of aromatic nitrogens is 1. The second-order valence-electron chi connectivity index (χ2n) is 7.65. The first-order valence-corrected chi connectivity index (χ1v) is 10.8. The van der Waals surface area contributed by atoms with Crippen LogP contribution in [0.2, 0.25) is 0 Å². The highest BCUT2D eigenvalue weighted by Crippen LogP contribution is 2.25. The van der Waals surface area contributed by atoms with E-state index in [1.165, 1.54) is 0 Å². The van der Waals surface area contributed by atoms with Crippen LogP contribution in [0.3, 0.4) is 0 Å². The third kappa shape index (κ3) is 5.10. The average molecular weight is 407 g/mol. The summed E-state index contributed by atoms with van der Waals surface area (Å²) in [6.07, 6.45) is 4.07. The van der Waals surface area contributed by atoms with Gasteiger partial charge in [0.15, 0.2) is 6.29 Å². The molecule has 1 aliphatic heterocycles. The molecule has 0 radical (unpaired) electrons. The first-order valence-electron chi connectivity index (χ1n) is 10.8. The maximum atomic E-state index is 6.08. The Morgan fingerprint density at radius 3 is 2.67 bits per heavy atom. The maximum Gasteiger partial charge on any atom is 0.158 e. The zero-order valence-corrected chi connectivity index (χ0v) is 17.8. The van der Waals surface area contributed by atoms with Gasteiger partial charge in [-0.25, -0.2) is 4.98 Å². The van der Waals surface area contributed by atoms with Gasteiger partial charge in [0, 0.05) is 36.4 Å². The predicted octanol–water partition coefficient (Wildman–Crippen LogP) is 5.64. The van der Waals surface area contributed by atoms with Gasteiger partial charge in [-0.15, -0.1) is 0 Å². The quantitative estimate of drug-likeness (QED) is 0.524. The Hall–Kier alpha value is -2.63. The molecule has 0 amide bonds. The summed E-state index contributed by atoms with van der Waals surface area (Å²) in [6, 6.07) is 18.5. The van der Waals surface area contributed by atoms with Gasteiger partial charge in [0.25, 0.3) is 0 Å². The number of hydrogen-bond acceptors (Lipinski definition) is 5. The summed E-state index contributed by atoms with van der Waals surface area (Å²) >= 11 is 0. The Bertz CT molecular complexity index is 952. The molecule has 0 bridgehead atoms. The number of anilines is 1. The van der Waals surface area contributed by atoms with Crippen molar-refractivity contribution >= 4 is 16.6 Å². The molecule has 1 N–H and O–H groups in total. The second kappa shape index (κ2) is 9.92. The minimum Gasteiger partial charge on any atom is -0.491 e. The van der Waals surface area contributed by atoms with Crippen LogP contribution in [0.15, 0.2) is 54.6 Å². The van der Waals surface area contributed by atoms with Crippen LogP contribution in [0, 0.1) is 0 Å². The number of benzene rings is 2. The molecule has 5 nitrogen and oxygen atoms in total. The summed E-state index contributed by atoms with van der Waals surface area (Å²) in [4.78, 5) is 4.85. The van der Waals surface area contributed by atoms with Crippen LogP contribution in [-0.4, -0.2) is 37.6 Å². The van der Waals surface area contributed by atoms with Crippen molar-refractivity contribution in [1.29, 1.82) is 0 Å². The summed E-state index contributed by atoms with van der Waals surface area (Å²) in [5.41, 5.74) is 4.05. The van der Waals surface area contributed by atoms with Crippen molar-refractivity contribution in [3.05, 3.63) is 54.6 Å². The lowest BCUT2D eigenvalue weighted by atomic mass is 10.1. The Balaban J connectivity index is 1.44. The van der Waals surface area contributed by atoms with E-state index in [2.05, 4.69) is 54.7 Å². The number of nitrogens with one attached hydrogen (secondary N) is 1. The molecule has 2 heterocycles. The molecule has 0 spiro atoms. The van der Waals surface area contributed by atoms with E-state index in [-0.39, 0.29) is 12.4 Å². The number of hydrogen-bond donors (Lipinski definition) is 1. The van der Waals surface area contributed by atoms with Crippen molar-refractivity contribution in [2.75, 3.05) is 25.6 Å². The van der Waals surface area contributed by atoms with Gasteiger partial charge in [-0.3, -0.25) is 0 Å². The van der Waals surface area contributed by atoms with Crippen LogP contribution < -0.4 is 10.1 Å². The second-order valence-corrected chi connectivity index (χ2v) is 7.65. The topological polar surface area (TPSA) is 52.6 Å². The van der Waals surface area contributed by atoms with E-state index >= 15 is 0 Å². The predicted molar refractivity (Wildman–Crippen MR) is 121 cm³/mol. The van der Waals surface area contributed by atoms with Crippen LogP contribution in [-0.2, 0) is 9.47 Å². The van der Waals surface area contributed by atoms with Gasteiger partial charge >= 0.3 is 0 Å². The molecular weight excluding hydrogens is 376 g/mol.